The smallest absolute Gasteiger partial charge is 0.407 e. The van der Waals surface area contributed by atoms with Crippen LogP contribution in [0.25, 0.3) is 17.1 Å². The van der Waals surface area contributed by atoms with Crippen molar-refractivity contribution in [2.45, 2.75) is 84.0 Å². The number of alkyl carbamates (subject to hydrolysis) is 1. The Morgan fingerprint density at radius 1 is 1.23 bits per heavy atom. The minimum Gasteiger partial charge on any atom is -0.444 e. The van der Waals surface area contributed by atoms with Gasteiger partial charge in [-0.05, 0) is 46.1 Å². The fourth-order valence-corrected chi connectivity index (χ4v) is 5.04. The maximum atomic E-state index is 12.2. The quantitative estimate of drug-likeness (QED) is 0.578. The van der Waals surface area contributed by atoms with Crippen molar-refractivity contribution in [3.63, 3.8) is 0 Å². The molecule has 35 heavy (non-hydrogen) atoms. The monoisotopic (exact) mass is 476 g/mol. The Kier molecular flexibility index (Phi) is 6.12. The van der Waals surface area contributed by atoms with E-state index in [1.54, 1.807) is 18.7 Å². The molecule has 0 saturated heterocycles. The molecule has 3 aromatic rings. The van der Waals surface area contributed by atoms with Crippen LogP contribution in [0.2, 0.25) is 0 Å². The molecule has 5 rings (SSSR count). The van der Waals surface area contributed by atoms with E-state index in [0.29, 0.717) is 11.9 Å². The molecule has 3 aromatic heterocycles. The van der Waals surface area contributed by atoms with Gasteiger partial charge in [0.15, 0.2) is 17.5 Å². The fourth-order valence-electron chi connectivity index (χ4n) is 5.04. The van der Waals surface area contributed by atoms with Gasteiger partial charge in [-0.3, -0.25) is 9.55 Å². The van der Waals surface area contributed by atoms with Crippen LogP contribution < -0.4 is 10.2 Å². The van der Waals surface area contributed by atoms with Crippen LogP contribution in [0.3, 0.4) is 0 Å². The van der Waals surface area contributed by atoms with Crippen molar-refractivity contribution >= 4 is 11.9 Å². The summed E-state index contributed by atoms with van der Waals surface area (Å²) < 4.78 is 7.39. The predicted molar refractivity (Wildman–Crippen MR) is 131 cm³/mol. The third-order valence-corrected chi connectivity index (χ3v) is 6.53. The number of amides is 1. The normalized spacial score (nSPS) is 17.7. The molecule has 1 aliphatic heterocycles. The van der Waals surface area contributed by atoms with E-state index in [2.05, 4.69) is 32.3 Å². The van der Waals surface area contributed by atoms with Crippen molar-refractivity contribution in [2.24, 2.45) is 0 Å². The highest BCUT2D eigenvalue weighted by Gasteiger charge is 2.38. The molecule has 4 heterocycles. The topological polar surface area (TPSA) is 111 Å². The van der Waals surface area contributed by atoms with Gasteiger partial charge in [0.05, 0.1) is 12.2 Å². The van der Waals surface area contributed by atoms with Gasteiger partial charge >= 0.3 is 6.09 Å². The number of hydrogen-bond donors (Lipinski definition) is 1. The molecule has 0 spiro atoms. The van der Waals surface area contributed by atoms with Gasteiger partial charge in [-0.25, -0.2) is 14.8 Å². The molecule has 0 aromatic carbocycles. The van der Waals surface area contributed by atoms with Crippen molar-refractivity contribution in [3.8, 4) is 17.1 Å². The number of anilines is 1. The van der Waals surface area contributed by atoms with E-state index >= 15 is 0 Å². The lowest BCUT2D eigenvalue weighted by Crippen LogP contribution is -2.42. The summed E-state index contributed by atoms with van der Waals surface area (Å²) in [7, 11) is 0. The molecular weight excluding hydrogens is 444 g/mol. The SMILES string of the molecule is CCC1c2nncn2-c2cnc(-c3ccncc3CNC(=O)OC(C)(C)C)nc2N1C1CCCC1. The summed E-state index contributed by atoms with van der Waals surface area (Å²) in [6.45, 7) is 7.96. The van der Waals surface area contributed by atoms with E-state index in [1.807, 2.05) is 37.6 Å². The standard InChI is InChI=1S/C25H32N8O2/c1-5-19-23-31-29-15-32(23)20-14-27-21(30-22(20)33(19)17-8-6-7-9-17)18-10-11-26-12-16(18)13-28-24(34)35-25(2,3)4/h10-12,14-15,17,19H,5-9,13H2,1-4H3,(H,28,34). The lowest BCUT2D eigenvalue weighted by molar-refractivity contribution is 0.0523. The van der Waals surface area contributed by atoms with Crippen molar-refractivity contribution < 1.29 is 9.53 Å². The summed E-state index contributed by atoms with van der Waals surface area (Å²) in [4.78, 5) is 28.7. The second-order valence-electron chi connectivity index (χ2n) is 10.1. The Hall–Kier alpha value is -3.56. The number of fused-ring (bicyclic) bond motifs is 3. The predicted octanol–water partition coefficient (Wildman–Crippen LogP) is 4.36. The van der Waals surface area contributed by atoms with E-state index in [-0.39, 0.29) is 12.6 Å². The highest BCUT2D eigenvalue weighted by molar-refractivity contribution is 5.70. The minimum absolute atomic E-state index is 0.113. The molecule has 10 nitrogen and oxygen atoms in total. The average molecular weight is 477 g/mol. The Balaban J connectivity index is 1.51. The summed E-state index contributed by atoms with van der Waals surface area (Å²) >= 11 is 0. The Morgan fingerprint density at radius 3 is 2.77 bits per heavy atom. The average Bonchev–Trinajstić information content (AvgIpc) is 3.53. The largest absolute Gasteiger partial charge is 0.444 e. The number of aromatic nitrogens is 6. The summed E-state index contributed by atoms with van der Waals surface area (Å²) in [6, 6.07) is 2.41. The molecule has 10 heteroatoms. The summed E-state index contributed by atoms with van der Waals surface area (Å²) in [5, 5.41) is 11.5. The van der Waals surface area contributed by atoms with Crippen LogP contribution in [-0.2, 0) is 11.3 Å². The zero-order chi connectivity index (χ0) is 24.6. The van der Waals surface area contributed by atoms with Gasteiger partial charge in [0, 0.05) is 36.1 Å². The first-order valence-electron chi connectivity index (χ1n) is 12.3. The van der Waals surface area contributed by atoms with E-state index in [9.17, 15) is 4.79 Å². The maximum absolute atomic E-state index is 12.2. The zero-order valence-corrected chi connectivity index (χ0v) is 20.7. The Bertz CT molecular complexity index is 1210. The molecule has 1 atom stereocenters. The van der Waals surface area contributed by atoms with Gasteiger partial charge in [0.25, 0.3) is 0 Å². The van der Waals surface area contributed by atoms with Gasteiger partial charge in [0.1, 0.15) is 17.6 Å². The number of hydrogen-bond acceptors (Lipinski definition) is 8. The third-order valence-electron chi connectivity index (χ3n) is 6.53. The Labute approximate surface area is 205 Å². The molecule has 1 fully saturated rings. The van der Waals surface area contributed by atoms with E-state index < -0.39 is 11.7 Å². The fraction of sp³-hybridized carbons (Fsp3) is 0.520. The minimum atomic E-state index is -0.565. The van der Waals surface area contributed by atoms with Crippen molar-refractivity contribution in [1.82, 2.24) is 35.0 Å². The second-order valence-corrected chi connectivity index (χ2v) is 10.1. The van der Waals surface area contributed by atoms with Crippen LogP contribution >= 0.6 is 0 Å². The number of nitrogens with one attached hydrogen (secondary N) is 1. The van der Waals surface area contributed by atoms with Gasteiger partial charge in [-0.2, -0.15) is 0 Å². The van der Waals surface area contributed by atoms with E-state index in [4.69, 9.17) is 14.7 Å². The molecule has 0 radical (unpaired) electrons. The third kappa shape index (κ3) is 4.56. The number of pyridine rings is 1. The second kappa shape index (κ2) is 9.24. The van der Waals surface area contributed by atoms with Crippen LogP contribution in [0, 0.1) is 0 Å². The summed E-state index contributed by atoms with van der Waals surface area (Å²) in [5.41, 5.74) is 1.98. The lowest BCUT2D eigenvalue weighted by Gasteiger charge is -2.40. The van der Waals surface area contributed by atoms with Crippen molar-refractivity contribution in [2.75, 3.05) is 4.90 Å². The number of ether oxygens (including phenoxy) is 1. The molecule has 2 aliphatic rings. The number of nitrogens with zero attached hydrogens (tertiary/aromatic N) is 7. The van der Waals surface area contributed by atoms with E-state index in [1.165, 1.54) is 12.8 Å². The van der Waals surface area contributed by atoms with Crippen LogP contribution in [0.4, 0.5) is 10.6 Å². The Morgan fingerprint density at radius 2 is 2.03 bits per heavy atom. The maximum Gasteiger partial charge on any atom is 0.407 e. The van der Waals surface area contributed by atoms with Gasteiger partial charge in [-0.15, -0.1) is 10.2 Å². The molecular formula is C25H32N8O2. The first-order chi connectivity index (χ1) is 16.9. The molecule has 1 N–H and O–H groups in total. The van der Waals surface area contributed by atoms with Gasteiger partial charge < -0.3 is 15.0 Å². The first kappa shape index (κ1) is 23.2. The molecule has 1 aliphatic carbocycles. The van der Waals surface area contributed by atoms with Crippen LogP contribution in [0.15, 0.2) is 31.0 Å². The lowest BCUT2D eigenvalue weighted by atomic mass is 10.0. The van der Waals surface area contributed by atoms with E-state index in [0.717, 1.165) is 47.7 Å². The van der Waals surface area contributed by atoms with Crippen molar-refractivity contribution in [1.29, 1.82) is 0 Å². The number of rotatable bonds is 5. The van der Waals surface area contributed by atoms with Gasteiger partial charge in [0.2, 0.25) is 0 Å². The molecule has 1 unspecified atom stereocenters. The van der Waals surface area contributed by atoms with Crippen LogP contribution in [0.5, 0.6) is 0 Å². The highest BCUT2D eigenvalue weighted by Crippen LogP contribution is 2.43. The molecule has 1 amide bonds. The summed E-state index contributed by atoms with van der Waals surface area (Å²) in [6.07, 6.45) is 12.2. The number of carbonyl (C=O) groups is 1. The molecule has 1 saturated carbocycles. The highest BCUT2D eigenvalue weighted by atomic mass is 16.6. The summed E-state index contributed by atoms with van der Waals surface area (Å²) in [5.74, 6) is 2.44. The zero-order valence-electron chi connectivity index (χ0n) is 20.7. The molecule has 0 bridgehead atoms. The molecule has 184 valence electrons. The number of carbonyl (C=O) groups excluding carboxylic acids is 1. The van der Waals surface area contributed by atoms with Crippen molar-refractivity contribution in [3.05, 3.63) is 42.4 Å². The van der Waals surface area contributed by atoms with Crippen LogP contribution in [0.1, 0.15) is 77.2 Å². The first-order valence-corrected chi connectivity index (χ1v) is 12.3. The van der Waals surface area contributed by atoms with Gasteiger partial charge in [-0.1, -0.05) is 19.8 Å². The van der Waals surface area contributed by atoms with Crippen LogP contribution in [-0.4, -0.2) is 47.5 Å².